The largest absolute Gasteiger partial charge is 0.383 e. The van der Waals surface area contributed by atoms with Crippen molar-refractivity contribution in [3.05, 3.63) is 59.8 Å². The van der Waals surface area contributed by atoms with Gasteiger partial charge in [-0.05, 0) is 80.1 Å². The lowest BCUT2D eigenvalue weighted by Crippen LogP contribution is -2.26. The number of hydrogen-bond donors (Lipinski definition) is 2. The molecule has 2 aliphatic rings. The summed E-state index contributed by atoms with van der Waals surface area (Å²) in [6.07, 6.45) is 6.13. The van der Waals surface area contributed by atoms with Gasteiger partial charge in [0.15, 0.2) is 11.6 Å². The molecule has 31 heavy (non-hydrogen) atoms. The van der Waals surface area contributed by atoms with Crippen LogP contribution in [-0.4, -0.2) is 34.7 Å². The van der Waals surface area contributed by atoms with Crippen LogP contribution in [0.2, 0.25) is 0 Å². The summed E-state index contributed by atoms with van der Waals surface area (Å²) in [6, 6.07) is 8.66. The number of nitrogens with zero attached hydrogens (tertiary/aromatic N) is 2. The zero-order valence-electron chi connectivity index (χ0n) is 17.7. The molecule has 4 nitrogen and oxygen atoms in total. The van der Waals surface area contributed by atoms with Crippen LogP contribution >= 0.6 is 0 Å². The number of halogens is 2. The van der Waals surface area contributed by atoms with Crippen molar-refractivity contribution in [2.45, 2.75) is 38.6 Å². The van der Waals surface area contributed by atoms with Crippen molar-refractivity contribution in [3.8, 4) is 11.1 Å². The molecule has 1 aromatic heterocycles. The molecule has 0 spiro atoms. The standard InChI is InChI=1S/C25H28F2N4/c1-16(28-14-17-5-4-6-17)25-21-13-19(7-8-23(21)29-30-25)20-11-18(12-22(26)24(20)27)15-31-9-2-3-10-31/h7-8,11-13,17,28H,1-6,9-10,14-15H2,(H,29,30). The molecule has 0 atom stereocenters. The Bertz CT molecular complexity index is 1110. The molecule has 1 saturated heterocycles. The zero-order valence-corrected chi connectivity index (χ0v) is 17.7. The zero-order chi connectivity index (χ0) is 21.4. The van der Waals surface area contributed by atoms with E-state index in [0.29, 0.717) is 18.0 Å². The van der Waals surface area contributed by atoms with Gasteiger partial charge in [0, 0.05) is 24.0 Å². The van der Waals surface area contributed by atoms with Crippen LogP contribution in [0.5, 0.6) is 0 Å². The van der Waals surface area contributed by atoms with Gasteiger partial charge in [0.2, 0.25) is 0 Å². The molecule has 0 bridgehead atoms. The highest BCUT2D eigenvalue weighted by Crippen LogP contribution is 2.32. The quantitative estimate of drug-likeness (QED) is 0.531. The summed E-state index contributed by atoms with van der Waals surface area (Å²) >= 11 is 0. The van der Waals surface area contributed by atoms with Crippen LogP contribution in [0.4, 0.5) is 8.78 Å². The highest BCUT2D eigenvalue weighted by molar-refractivity contribution is 5.92. The van der Waals surface area contributed by atoms with Gasteiger partial charge in [-0.2, -0.15) is 5.10 Å². The van der Waals surface area contributed by atoms with Gasteiger partial charge in [-0.1, -0.05) is 19.1 Å². The number of fused-ring (bicyclic) bond motifs is 1. The van der Waals surface area contributed by atoms with Crippen LogP contribution in [-0.2, 0) is 6.54 Å². The molecule has 0 amide bonds. The van der Waals surface area contributed by atoms with E-state index in [0.717, 1.165) is 60.3 Å². The van der Waals surface area contributed by atoms with E-state index in [1.165, 1.54) is 25.3 Å². The molecule has 2 fully saturated rings. The topological polar surface area (TPSA) is 44.0 Å². The van der Waals surface area contributed by atoms with Gasteiger partial charge < -0.3 is 5.32 Å². The minimum Gasteiger partial charge on any atom is -0.383 e. The van der Waals surface area contributed by atoms with E-state index < -0.39 is 11.6 Å². The van der Waals surface area contributed by atoms with Gasteiger partial charge >= 0.3 is 0 Å². The van der Waals surface area contributed by atoms with E-state index in [1.807, 2.05) is 18.2 Å². The molecule has 3 aromatic rings. The molecule has 0 radical (unpaired) electrons. The van der Waals surface area contributed by atoms with Crippen LogP contribution in [0, 0.1) is 17.6 Å². The number of H-pyrrole nitrogens is 1. The Morgan fingerprint density at radius 2 is 1.94 bits per heavy atom. The summed E-state index contributed by atoms with van der Waals surface area (Å²) < 4.78 is 29.2. The number of nitrogens with one attached hydrogen (secondary N) is 2. The van der Waals surface area contributed by atoms with Crippen molar-refractivity contribution in [1.29, 1.82) is 0 Å². The lowest BCUT2D eigenvalue weighted by Gasteiger charge is -2.26. The molecule has 1 aliphatic heterocycles. The first kappa shape index (κ1) is 20.2. The summed E-state index contributed by atoms with van der Waals surface area (Å²) in [6.45, 7) is 7.71. The number of benzene rings is 2. The molecule has 1 aliphatic carbocycles. The minimum atomic E-state index is -0.809. The molecule has 5 rings (SSSR count). The fraction of sp³-hybridized carbons (Fsp3) is 0.400. The molecule has 2 heterocycles. The fourth-order valence-corrected chi connectivity index (χ4v) is 4.61. The van der Waals surface area contributed by atoms with E-state index in [2.05, 4.69) is 27.0 Å². The average Bonchev–Trinajstić information content (AvgIpc) is 3.38. The Morgan fingerprint density at radius 1 is 1.13 bits per heavy atom. The minimum absolute atomic E-state index is 0.288. The van der Waals surface area contributed by atoms with E-state index in [-0.39, 0.29) is 5.56 Å². The van der Waals surface area contributed by atoms with Gasteiger partial charge in [-0.25, -0.2) is 8.78 Å². The first-order valence-corrected chi connectivity index (χ1v) is 11.2. The summed E-state index contributed by atoms with van der Waals surface area (Å²) in [7, 11) is 0. The van der Waals surface area contributed by atoms with E-state index in [9.17, 15) is 8.78 Å². The Kier molecular flexibility index (Phi) is 5.48. The molecule has 1 saturated carbocycles. The molecule has 2 N–H and O–H groups in total. The summed E-state index contributed by atoms with van der Waals surface area (Å²) in [5.41, 5.74) is 4.06. The number of aromatic nitrogens is 2. The van der Waals surface area contributed by atoms with E-state index in [1.54, 1.807) is 6.07 Å². The Labute approximate surface area is 181 Å². The molecular formula is C25H28F2N4. The lowest BCUT2D eigenvalue weighted by atomic mass is 9.85. The Balaban J connectivity index is 1.45. The first-order chi connectivity index (χ1) is 15.1. The van der Waals surface area contributed by atoms with Crippen molar-refractivity contribution in [1.82, 2.24) is 20.4 Å². The van der Waals surface area contributed by atoms with Crippen LogP contribution in [0.3, 0.4) is 0 Å². The third-order valence-electron chi connectivity index (χ3n) is 6.68. The second-order valence-corrected chi connectivity index (χ2v) is 8.91. The number of likely N-dealkylation sites (tertiary alicyclic amines) is 1. The second-order valence-electron chi connectivity index (χ2n) is 8.91. The maximum absolute atomic E-state index is 14.8. The lowest BCUT2D eigenvalue weighted by molar-refractivity contribution is 0.314. The number of rotatable bonds is 7. The number of aromatic amines is 1. The van der Waals surface area contributed by atoms with Crippen molar-refractivity contribution in [2.24, 2.45) is 5.92 Å². The normalized spacial score (nSPS) is 17.2. The maximum Gasteiger partial charge on any atom is 0.166 e. The van der Waals surface area contributed by atoms with Gasteiger partial charge in [-0.3, -0.25) is 10.00 Å². The van der Waals surface area contributed by atoms with Gasteiger partial charge in [-0.15, -0.1) is 0 Å². The third kappa shape index (κ3) is 4.09. The smallest absolute Gasteiger partial charge is 0.166 e. The molecule has 6 heteroatoms. The predicted octanol–water partition coefficient (Wildman–Crippen LogP) is 5.46. The van der Waals surface area contributed by atoms with E-state index >= 15 is 0 Å². The maximum atomic E-state index is 14.8. The predicted molar refractivity (Wildman–Crippen MR) is 120 cm³/mol. The van der Waals surface area contributed by atoms with Gasteiger partial charge in [0.05, 0.1) is 11.2 Å². The molecular weight excluding hydrogens is 394 g/mol. The molecule has 162 valence electrons. The third-order valence-corrected chi connectivity index (χ3v) is 6.68. The van der Waals surface area contributed by atoms with Crippen molar-refractivity contribution < 1.29 is 8.78 Å². The molecule has 2 aromatic carbocycles. The summed E-state index contributed by atoms with van der Waals surface area (Å²) in [5, 5.41) is 11.7. The van der Waals surface area contributed by atoms with Crippen molar-refractivity contribution in [2.75, 3.05) is 19.6 Å². The molecule has 0 unspecified atom stereocenters. The Morgan fingerprint density at radius 3 is 2.68 bits per heavy atom. The highest BCUT2D eigenvalue weighted by atomic mass is 19.2. The first-order valence-electron chi connectivity index (χ1n) is 11.2. The van der Waals surface area contributed by atoms with Crippen LogP contribution < -0.4 is 5.32 Å². The number of hydrogen-bond acceptors (Lipinski definition) is 3. The SMILES string of the molecule is C=C(NCC1CCC1)c1n[nH]c2ccc(-c3cc(CN4CCCC4)cc(F)c3F)cc12. The van der Waals surface area contributed by atoms with Crippen molar-refractivity contribution >= 4 is 16.6 Å². The summed E-state index contributed by atoms with van der Waals surface area (Å²) in [5.74, 6) is -0.907. The Hall–Kier alpha value is -2.73. The van der Waals surface area contributed by atoms with Crippen molar-refractivity contribution in [3.63, 3.8) is 0 Å². The van der Waals surface area contributed by atoms with Gasteiger partial charge in [0.1, 0.15) is 5.69 Å². The van der Waals surface area contributed by atoms with E-state index in [4.69, 9.17) is 0 Å². The van der Waals surface area contributed by atoms with Gasteiger partial charge in [0.25, 0.3) is 0 Å². The fourth-order valence-electron chi connectivity index (χ4n) is 4.61. The average molecular weight is 423 g/mol. The summed E-state index contributed by atoms with van der Waals surface area (Å²) in [4.78, 5) is 2.28. The second kappa shape index (κ2) is 8.42. The monoisotopic (exact) mass is 422 g/mol. The van der Waals surface area contributed by atoms with Crippen LogP contribution in [0.15, 0.2) is 36.9 Å². The van der Waals surface area contributed by atoms with Crippen LogP contribution in [0.1, 0.15) is 43.4 Å². The highest BCUT2D eigenvalue weighted by Gasteiger charge is 2.20. The van der Waals surface area contributed by atoms with Crippen LogP contribution in [0.25, 0.3) is 27.7 Å².